The summed E-state index contributed by atoms with van der Waals surface area (Å²) in [4.78, 5) is 3.86. The van der Waals surface area contributed by atoms with Gasteiger partial charge in [0.25, 0.3) is 0 Å². The number of alkyl halides is 3. The SMILES string of the molecule is CC(C)c1ccnc2cc(C(F)(F)F)oc12. The van der Waals surface area contributed by atoms with E-state index in [1.165, 1.54) is 6.20 Å². The first-order valence-corrected chi connectivity index (χ1v) is 4.85. The normalized spacial score (nSPS) is 12.6. The molecular weight excluding hydrogens is 219 g/mol. The molecule has 0 aromatic carbocycles. The first kappa shape index (κ1) is 11.0. The maximum absolute atomic E-state index is 12.4. The second-order valence-electron chi connectivity index (χ2n) is 3.88. The number of hydrogen-bond acceptors (Lipinski definition) is 2. The van der Waals surface area contributed by atoms with E-state index in [2.05, 4.69) is 4.98 Å². The first-order chi connectivity index (χ1) is 7.39. The minimum atomic E-state index is -4.46. The molecule has 0 unspecified atom stereocenters. The number of rotatable bonds is 1. The van der Waals surface area contributed by atoms with Crippen molar-refractivity contribution < 1.29 is 17.6 Å². The largest absolute Gasteiger partial charge is 0.449 e. The van der Waals surface area contributed by atoms with Gasteiger partial charge >= 0.3 is 6.18 Å². The zero-order valence-electron chi connectivity index (χ0n) is 8.80. The van der Waals surface area contributed by atoms with Gasteiger partial charge in [0.05, 0.1) is 0 Å². The molecule has 2 aromatic heterocycles. The molecule has 0 saturated carbocycles. The van der Waals surface area contributed by atoms with Crippen LogP contribution in [0.3, 0.4) is 0 Å². The van der Waals surface area contributed by atoms with Gasteiger partial charge < -0.3 is 4.42 Å². The summed E-state index contributed by atoms with van der Waals surface area (Å²) in [6, 6.07) is 2.61. The van der Waals surface area contributed by atoms with Crippen molar-refractivity contribution in [3.8, 4) is 0 Å². The molecule has 0 atom stereocenters. The van der Waals surface area contributed by atoms with E-state index in [1.807, 2.05) is 13.8 Å². The van der Waals surface area contributed by atoms with Crippen molar-refractivity contribution in [2.75, 3.05) is 0 Å². The lowest BCUT2D eigenvalue weighted by Crippen LogP contribution is -2.01. The van der Waals surface area contributed by atoms with Crippen molar-refractivity contribution in [2.24, 2.45) is 0 Å². The lowest BCUT2D eigenvalue weighted by molar-refractivity contribution is -0.152. The monoisotopic (exact) mass is 229 g/mol. The van der Waals surface area contributed by atoms with Crippen LogP contribution >= 0.6 is 0 Å². The average molecular weight is 229 g/mol. The zero-order valence-corrected chi connectivity index (χ0v) is 8.80. The van der Waals surface area contributed by atoms with Gasteiger partial charge in [-0.05, 0) is 12.0 Å². The van der Waals surface area contributed by atoms with E-state index in [9.17, 15) is 13.2 Å². The lowest BCUT2D eigenvalue weighted by Gasteiger charge is -2.04. The predicted molar refractivity (Wildman–Crippen MR) is 53.1 cm³/mol. The summed E-state index contributed by atoms with van der Waals surface area (Å²) in [5.74, 6) is -0.902. The molecule has 0 aliphatic carbocycles. The van der Waals surface area contributed by atoms with Crippen LogP contribution in [0.1, 0.15) is 31.1 Å². The zero-order chi connectivity index (χ0) is 11.9. The van der Waals surface area contributed by atoms with Crippen LogP contribution in [-0.4, -0.2) is 4.98 Å². The molecule has 2 rings (SSSR count). The Hall–Kier alpha value is -1.52. The highest BCUT2D eigenvalue weighted by atomic mass is 19.4. The van der Waals surface area contributed by atoms with Crippen molar-refractivity contribution in [2.45, 2.75) is 25.9 Å². The highest BCUT2D eigenvalue weighted by Gasteiger charge is 2.35. The van der Waals surface area contributed by atoms with Gasteiger partial charge in [-0.25, -0.2) is 0 Å². The first-order valence-electron chi connectivity index (χ1n) is 4.85. The van der Waals surface area contributed by atoms with E-state index >= 15 is 0 Å². The lowest BCUT2D eigenvalue weighted by atomic mass is 10.0. The Morgan fingerprint density at radius 3 is 2.56 bits per heavy atom. The Kier molecular flexibility index (Phi) is 2.40. The Labute approximate surface area is 90.1 Å². The number of aromatic nitrogens is 1. The van der Waals surface area contributed by atoms with Crippen LogP contribution < -0.4 is 0 Å². The molecule has 0 fully saturated rings. The van der Waals surface area contributed by atoms with E-state index in [1.54, 1.807) is 6.07 Å². The molecule has 2 nitrogen and oxygen atoms in total. The minimum absolute atomic E-state index is 0.0951. The third-order valence-corrected chi connectivity index (χ3v) is 2.34. The Morgan fingerprint density at radius 1 is 1.31 bits per heavy atom. The van der Waals surface area contributed by atoms with Gasteiger partial charge in [-0.1, -0.05) is 13.8 Å². The minimum Gasteiger partial charge on any atom is -0.449 e. The molecule has 0 N–H and O–H groups in total. The van der Waals surface area contributed by atoms with Crippen LogP contribution in [0.5, 0.6) is 0 Å². The van der Waals surface area contributed by atoms with Crippen LogP contribution in [0, 0.1) is 0 Å². The van der Waals surface area contributed by atoms with Gasteiger partial charge in [-0.3, -0.25) is 4.98 Å². The summed E-state index contributed by atoms with van der Waals surface area (Å²) >= 11 is 0. The predicted octanol–water partition coefficient (Wildman–Crippen LogP) is 3.97. The second kappa shape index (κ2) is 3.50. The summed E-state index contributed by atoms with van der Waals surface area (Å²) in [7, 11) is 0. The van der Waals surface area contributed by atoms with Gasteiger partial charge in [0.2, 0.25) is 5.76 Å². The fourth-order valence-corrected chi connectivity index (χ4v) is 1.55. The topological polar surface area (TPSA) is 26.0 Å². The highest BCUT2D eigenvalue weighted by molar-refractivity contribution is 5.77. The second-order valence-corrected chi connectivity index (χ2v) is 3.88. The van der Waals surface area contributed by atoms with E-state index in [-0.39, 0.29) is 17.0 Å². The van der Waals surface area contributed by atoms with Crippen molar-refractivity contribution in [1.82, 2.24) is 4.98 Å². The third kappa shape index (κ3) is 1.77. The van der Waals surface area contributed by atoms with Gasteiger partial charge in [-0.15, -0.1) is 0 Å². The summed E-state index contributed by atoms with van der Waals surface area (Å²) < 4.78 is 42.1. The average Bonchev–Trinajstić information content (AvgIpc) is 2.59. The van der Waals surface area contributed by atoms with E-state index in [0.717, 1.165) is 11.6 Å². The number of pyridine rings is 1. The van der Waals surface area contributed by atoms with Crippen molar-refractivity contribution >= 4 is 11.1 Å². The van der Waals surface area contributed by atoms with E-state index < -0.39 is 11.9 Å². The molecular formula is C11H10F3NO. The van der Waals surface area contributed by atoms with Gasteiger partial charge in [0.15, 0.2) is 5.58 Å². The van der Waals surface area contributed by atoms with Crippen LogP contribution in [-0.2, 0) is 6.18 Å². The van der Waals surface area contributed by atoms with Crippen molar-refractivity contribution in [3.05, 3.63) is 29.7 Å². The molecule has 2 heterocycles. The quantitative estimate of drug-likeness (QED) is 0.739. The Bertz CT molecular complexity index is 513. The summed E-state index contributed by atoms with van der Waals surface area (Å²) in [5, 5.41) is 0. The molecule has 2 aromatic rings. The number of nitrogens with zero attached hydrogens (tertiary/aromatic N) is 1. The molecule has 0 aliphatic heterocycles. The summed E-state index contributed by atoms with van der Waals surface area (Å²) in [5.41, 5.74) is 1.21. The van der Waals surface area contributed by atoms with E-state index in [0.29, 0.717) is 0 Å². The maximum atomic E-state index is 12.4. The molecule has 0 spiro atoms. The molecule has 5 heteroatoms. The fraction of sp³-hybridized carbons (Fsp3) is 0.364. The van der Waals surface area contributed by atoms with Gasteiger partial charge in [-0.2, -0.15) is 13.2 Å². The van der Waals surface area contributed by atoms with Gasteiger partial charge in [0.1, 0.15) is 5.52 Å². The molecule has 0 bridgehead atoms. The molecule has 0 radical (unpaired) electrons. The molecule has 0 aliphatic rings. The number of furan rings is 1. The maximum Gasteiger partial charge on any atom is 0.449 e. The van der Waals surface area contributed by atoms with Gasteiger partial charge in [0, 0.05) is 17.8 Å². The molecule has 16 heavy (non-hydrogen) atoms. The molecule has 0 saturated heterocycles. The summed E-state index contributed by atoms with van der Waals surface area (Å²) in [6.07, 6.45) is -2.97. The van der Waals surface area contributed by atoms with Crippen LogP contribution in [0.25, 0.3) is 11.1 Å². The summed E-state index contributed by atoms with van der Waals surface area (Å²) in [6.45, 7) is 3.79. The highest BCUT2D eigenvalue weighted by Crippen LogP contribution is 2.35. The van der Waals surface area contributed by atoms with Crippen molar-refractivity contribution in [3.63, 3.8) is 0 Å². The van der Waals surface area contributed by atoms with Crippen LogP contribution in [0.15, 0.2) is 22.7 Å². The van der Waals surface area contributed by atoms with E-state index in [4.69, 9.17) is 4.42 Å². The van der Waals surface area contributed by atoms with Crippen molar-refractivity contribution in [1.29, 1.82) is 0 Å². The fourth-order valence-electron chi connectivity index (χ4n) is 1.55. The van der Waals surface area contributed by atoms with Crippen LogP contribution in [0.2, 0.25) is 0 Å². The Balaban J connectivity index is 2.66. The number of halogens is 3. The Morgan fingerprint density at radius 2 is 2.00 bits per heavy atom. The number of fused-ring (bicyclic) bond motifs is 1. The van der Waals surface area contributed by atoms with Crippen LogP contribution in [0.4, 0.5) is 13.2 Å². The standard InChI is InChI=1S/C11H10F3NO/c1-6(2)7-3-4-15-8-5-9(11(12,13)14)16-10(7)8/h3-6H,1-2H3. The molecule has 0 amide bonds. The molecule has 86 valence electrons. The third-order valence-electron chi connectivity index (χ3n) is 2.34. The smallest absolute Gasteiger partial charge is 0.449 e. The number of hydrogen-bond donors (Lipinski definition) is 0.